The van der Waals surface area contributed by atoms with E-state index in [2.05, 4.69) is 10.5 Å². The predicted molar refractivity (Wildman–Crippen MR) is 89.1 cm³/mol. The van der Waals surface area contributed by atoms with Gasteiger partial charge in [0.05, 0.1) is 22.2 Å². The minimum Gasteiger partial charge on any atom is -0.361 e. The highest BCUT2D eigenvalue weighted by molar-refractivity contribution is 7.89. The van der Waals surface area contributed by atoms with Crippen LogP contribution in [0.1, 0.15) is 29.5 Å². The first-order valence-electron chi connectivity index (χ1n) is 7.81. The van der Waals surface area contributed by atoms with Crippen LogP contribution < -0.4 is 10.0 Å². The molecule has 0 aliphatic rings. The maximum atomic E-state index is 13.0. The molecule has 1 atom stereocenters. The molecule has 0 aliphatic carbocycles. The lowest BCUT2D eigenvalue weighted by Crippen LogP contribution is -2.44. The molecular formula is C16H18F3N3O4S. The van der Waals surface area contributed by atoms with Crippen molar-refractivity contribution in [3.05, 3.63) is 46.8 Å². The van der Waals surface area contributed by atoms with E-state index in [4.69, 9.17) is 4.52 Å². The van der Waals surface area contributed by atoms with Gasteiger partial charge in [-0.15, -0.1) is 0 Å². The van der Waals surface area contributed by atoms with Gasteiger partial charge in [0.25, 0.3) is 0 Å². The lowest BCUT2D eigenvalue weighted by molar-refractivity contribution is -0.139. The topological polar surface area (TPSA) is 101 Å². The number of aromatic nitrogens is 1. The Balaban J connectivity index is 2.12. The molecule has 0 bridgehead atoms. The lowest BCUT2D eigenvalue weighted by atomic mass is 10.2. The van der Waals surface area contributed by atoms with Crippen molar-refractivity contribution in [3.8, 4) is 0 Å². The average molecular weight is 405 g/mol. The first-order chi connectivity index (χ1) is 12.4. The summed E-state index contributed by atoms with van der Waals surface area (Å²) in [4.78, 5) is 11.2. The third kappa shape index (κ3) is 4.86. The number of carbonyl (C=O) groups excluding carboxylic acids is 1. The molecule has 0 unspecified atom stereocenters. The summed E-state index contributed by atoms with van der Waals surface area (Å²) < 4.78 is 70.7. The van der Waals surface area contributed by atoms with Crippen molar-refractivity contribution < 1.29 is 30.9 Å². The molecule has 0 saturated carbocycles. The highest BCUT2D eigenvalue weighted by atomic mass is 32.2. The normalized spacial score (nSPS) is 13.4. The number of benzene rings is 1. The number of hydrogen-bond acceptors (Lipinski definition) is 5. The van der Waals surface area contributed by atoms with Crippen LogP contribution in [0.25, 0.3) is 0 Å². The van der Waals surface area contributed by atoms with Crippen molar-refractivity contribution in [1.82, 2.24) is 15.2 Å². The molecule has 0 radical (unpaired) electrons. The summed E-state index contributed by atoms with van der Waals surface area (Å²) in [6, 6.07) is 2.46. The Hall–Kier alpha value is -2.40. The Morgan fingerprint density at radius 3 is 2.44 bits per heavy atom. The van der Waals surface area contributed by atoms with E-state index in [0.29, 0.717) is 23.1 Å². The fraction of sp³-hybridized carbons (Fsp3) is 0.375. The van der Waals surface area contributed by atoms with E-state index < -0.39 is 38.6 Å². The Bertz CT molecular complexity index is 919. The Labute approximate surface area is 154 Å². The van der Waals surface area contributed by atoms with Crippen LogP contribution in [0.5, 0.6) is 0 Å². The monoisotopic (exact) mass is 405 g/mol. The number of nitrogens with one attached hydrogen (secondary N) is 2. The second-order valence-corrected chi connectivity index (χ2v) is 7.54. The molecule has 27 heavy (non-hydrogen) atoms. The van der Waals surface area contributed by atoms with Crippen molar-refractivity contribution in [2.75, 3.05) is 0 Å². The Kier molecular flexibility index (Phi) is 5.95. The largest absolute Gasteiger partial charge is 0.417 e. The first-order valence-corrected chi connectivity index (χ1v) is 9.30. The predicted octanol–water partition coefficient (Wildman–Crippen LogP) is 2.29. The highest BCUT2D eigenvalue weighted by Gasteiger charge is 2.37. The number of sulfonamides is 1. The number of amides is 1. The summed E-state index contributed by atoms with van der Waals surface area (Å²) >= 11 is 0. The van der Waals surface area contributed by atoms with Crippen LogP contribution >= 0.6 is 0 Å². The molecule has 0 spiro atoms. The Morgan fingerprint density at radius 1 is 1.26 bits per heavy atom. The molecule has 1 amide bonds. The van der Waals surface area contributed by atoms with Crippen molar-refractivity contribution >= 4 is 15.9 Å². The van der Waals surface area contributed by atoms with Crippen LogP contribution in [0, 0.1) is 13.8 Å². The lowest BCUT2D eigenvalue weighted by Gasteiger charge is -2.17. The van der Waals surface area contributed by atoms with Gasteiger partial charge < -0.3 is 9.84 Å². The van der Waals surface area contributed by atoms with Gasteiger partial charge in [-0.1, -0.05) is 17.3 Å². The zero-order valence-corrected chi connectivity index (χ0v) is 15.5. The molecule has 0 aliphatic heterocycles. The molecule has 0 fully saturated rings. The fourth-order valence-corrected chi connectivity index (χ4v) is 3.80. The van der Waals surface area contributed by atoms with E-state index in [-0.39, 0.29) is 6.54 Å². The van der Waals surface area contributed by atoms with Gasteiger partial charge in [-0.3, -0.25) is 4.79 Å². The van der Waals surface area contributed by atoms with Gasteiger partial charge in [-0.05, 0) is 32.9 Å². The van der Waals surface area contributed by atoms with Crippen molar-refractivity contribution in [2.24, 2.45) is 0 Å². The van der Waals surface area contributed by atoms with E-state index in [1.54, 1.807) is 13.8 Å². The quantitative estimate of drug-likeness (QED) is 0.768. The third-order valence-corrected chi connectivity index (χ3v) is 5.43. The summed E-state index contributed by atoms with van der Waals surface area (Å²) in [5.41, 5.74) is -0.0956. The molecule has 0 saturated heterocycles. The number of hydrogen-bond donors (Lipinski definition) is 2. The maximum absolute atomic E-state index is 13.0. The molecule has 148 valence electrons. The van der Waals surface area contributed by atoms with Crippen molar-refractivity contribution in [2.45, 2.75) is 44.4 Å². The number of nitrogens with zero attached hydrogens (tertiary/aromatic N) is 1. The molecule has 1 aromatic heterocycles. The summed E-state index contributed by atoms with van der Waals surface area (Å²) in [7, 11) is -4.57. The molecular weight excluding hydrogens is 387 g/mol. The molecule has 7 nitrogen and oxygen atoms in total. The molecule has 1 heterocycles. The minimum absolute atomic E-state index is 0.0468. The van der Waals surface area contributed by atoms with Gasteiger partial charge in [-0.2, -0.15) is 17.9 Å². The highest BCUT2D eigenvalue weighted by Crippen LogP contribution is 2.33. The molecule has 1 aromatic carbocycles. The number of halogens is 3. The number of aryl methyl sites for hydroxylation is 2. The summed E-state index contributed by atoms with van der Waals surface area (Å²) in [5.74, 6) is -0.205. The van der Waals surface area contributed by atoms with E-state index in [9.17, 15) is 26.4 Å². The molecule has 2 rings (SSSR count). The SMILES string of the molecule is Cc1noc(C)c1CNC(=O)[C@H](C)NS(=O)(=O)c1ccccc1C(F)(F)F. The standard InChI is InChI=1S/C16H18F3N3O4S/c1-9-12(11(3)26-21-9)8-20-15(23)10(2)22-27(24,25)14-7-5-4-6-13(14)16(17,18)19/h4-7,10,22H,8H2,1-3H3,(H,20,23)/t10-/m0/s1. The zero-order valence-electron chi connectivity index (χ0n) is 14.7. The van der Waals surface area contributed by atoms with Gasteiger partial charge in [0.1, 0.15) is 5.76 Å². The molecule has 2 aromatic rings. The minimum atomic E-state index is -4.85. The summed E-state index contributed by atoms with van der Waals surface area (Å²) in [6.07, 6.45) is -4.85. The number of alkyl halides is 3. The van der Waals surface area contributed by atoms with Gasteiger partial charge in [-0.25, -0.2) is 8.42 Å². The fourth-order valence-electron chi connectivity index (χ4n) is 2.37. The van der Waals surface area contributed by atoms with Crippen molar-refractivity contribution in [3.63, 3.8) is 0 Å². The van der Waals surface area contributed by atoms with E-state index in [0.717, 1.165) is 12.1 Å². The van der Waals surface area contributed by atoms with Crippen LogP contribution in [0.3, 0.4) is 0 Å². The van der Waals surface area contributed by atoms with Gasteiger partial charge in [0, 0.05) is 12.1 Å². The molecule has 2 N–H and O–H groups in total. The van der Waals surface area contributed by atoms with E-state index in [1.807, 2.05) is 4.72 Å². The van der Waals surface area contributed by atoms with Crippen molar-refractivity contribution in [1.29, 1.82) is 0 Å². The third-order valence-electron chi connectivity index (χ3n) is 3.83. The second kappa shape index (κ2) is 7.69. The average Bonchev–Trinajstić information content (AvgIpc) is 2.89. The maximum Gasteiger partial charge on any atom is 0.417 e. The summed E-state index contributed by atoms with van der Waals surface area (Å²) in [6.45, 7) is 4.61. The van der Waals surface area contributed by atoms with Crippen LogP contribution in [-0.4, -0.2) is 25.5 Å². The number of rotatable bonds is 6. The number of carbonyl (C=O) groups is 1. The van der Waals surface area contributed by atoms with Gasteiger partial charge >= 0.3 is 6.18 Å². The first kappa shape index (κ1) is 20.9. The molecule has 11 heteroatoms. The van der Waals surface area contributed by atoms with Gasteiger partial charge in [0.15, 0.2) is 0 Å². The van der Waals surface area contributed by atoms with Crippen LogP contribution in [0.2, 0.25) is 0 Å². The van der Waals surface area contributed by atoms with Crippen LogP contribution in [0.15, 0.2) is 33.7 Å². The van der Waals surface area contributed by atoms with Crippen LogP contribution in [0.4, 0.5) is 13.2 Å². The van der Waals surface area contributed by atoms with E-state index >= 15 is 0 Å². The smallest absolute Gasteiger partial charge is 0.361 e. The summed E-state index contributed by atoms with van der Waals surface area (Å²) in [5, 5.41) is 6.22. The van der Waals surface area contributed by atoms with E-state index in [1.165, 1.54) is 13.0 Å². The van der Waals surface area contributed by atoms with Crippen LogP contribution in [-0.2, 0) is 27.5 Å². The second-order valence-electron chi connectivity index (χ2n) is 5.86. The zero-order chi connectivity index (χ0) is 20.4. The van der Waals surface area contributed by atoms with Gasteiger partial charge in [0.2, 0.25) is 15.9 Å². The Morgan fingerprint density at radius 2 is 1.89 bits per heavy atom.